The second-order valence-corrected chi connectivity index (χ2v) is 16.7. The van der Waals surface area contributed by atoms with E-state index < -0.39 is 28.5 Å². The van der Waals surface area contributed by atoms with Crippen molar-refractivity contribution in [3.8, 4) is 0 Å². The van der Waals surface area contributed by atoms with E-state index in [2.05, 4.69) is 27.4 Å². The Morgan fingerprint density at radius 1 is 1.62 bits per heavy atom. The molecule has 2 unspecified atom stereocenters. The van der Waals surface area contributed by atoms with E-state index in [0.29, 0.717) is 18.9 Å². The molecular formula is C13H21BrClINO2S2+. The van der Waals surface area contributed by atoms with E-state index in [4.69, 9.17) is 11.6 Å². The molecular weight excluding hydrogens is 509 g/mol. The SMILES string of the molecule is C=C(Cl)C=C1C(C)=C(S(=O)(=O)[NH+](C)C(CC)CBr)SI1C. The van der Waals surface area contributed by atoms with Gasteiger partial charge >= 0.3 is 152 Å². The van der Waals surface area contributed by atoms with Crippen LogP contribution in [0, 0.1) is 0 Å². The zero-order valence-corrected chi connectivity index (χ0v) is 18.7. The van der Waals surface area contributed by atoms with Crippen molar-refractivity contribution in [2.75, 3.05) is 17.3 Å². The van der Waals surface area contributed by atoms with Crippen LogP contribution in [0.5, 0.6) is 0 Å². The summed E-state index contributed by atoms with van der Waals surface area (Å²) in [5, 5.41) is 1.13. The van der Waals surface area contributed by atoms with E-state index in [9.17, 15) is 8.42 Å². The average molecular weight is 530 g/mol. The minimum absolute atomic E-state index is 0.0472. The van der Waals surface area contributed by atoms with E-state index in [1.807, 2.05) is 19.9 Å². The van der Waals surface area contributed by atoms with E-state index in [0.717, 1.165) is 15.6 Å². The molecule has 0 fully saturated rings. The first kappa shape index (κ1) is 20.0. The number of halogens is 3. The number of hydrogen-bond donors (Lipinski definition) is 1. The van der Waals surface area contributed by atoms with Crippen LogP contribution in [-0.4, -0.2) is 31.8 Å². The number of quaternary nitrogens is 1. The molecule has 0 saturated carbocycles. The molecule has 3 nitrogen and oxygen atoms in total. The Morgan fingerprint density at radius 3 is 2.62 bits per heavy atom. The topological polar surface area (TPSA) is 38.6 Å². The van der Waals surface area contributed by atoms with Gasteiger partial charge in [-0.1, -0.05) is 0 Å². The summed E-state index contributed by atoms with van der Waals surface area (Å²) in [7, 11) is -0.0785. The second kappa shape index (κ2) is 8.19. The van der Waals surface area contributed by atoms with E-state index in [-0.39, 0.29) is 6.04 Å². The van der Waals surface area contributed by atoms with Crippen LogP contribution < -0.4 is 4.31 Å². The molecule has 0 amide bonds. The van der Waals surface area contributed by atoms with Gasteiger partial charge in [0.15, 0.2) is 0 Å². The standard InChI is InChI=1S/C13H20BrClINO2S2/c1-6-11(8-14)17(5)21(18,19)13-10(3)12(7-9(2)15)16(4)20-13/h7,11H,2,6,8H2,1,3-5H3/p+1. The number of nitrogens with one attached hydrogen (secondary N) is 1. The first-order valence-electron chi connectivity index (χ1n) is 6.37. The molecule has 1 rings (SSSR count). The summed E-state index contributed by atoms with van der Waals surface area (Å²) in [6.07, 6.45) is 2.64. The third-order valence-corrected chi connectivity index (χ3v) is 15.9. The van der Waals surface area contributed by atoms with Crippen molar-refractivity contribution < 1.29 is 12.7 Å². The molecule has 0 spiro atoms. The Labute approximate surface area is 151 Å². The molecule has 0 radical (unpaired) electrons. The molecule has 122 valence electrons. The van der Waals surface area contributed by atoms with Crippen molar-refractivity contribution in [1.29, 1.82) is 0 Å². The van der Waals surface area contributed by atoms with Gasteiger partial charge in [0, 0.05) is 0 Å². The molecule has 0 saturated heterocycles. The molecule has 1 aliphatic heterocycles. The summed E-state index contributed by atoms with van der Waals surface area (Å²) in [6.45, 7) is 7.58. The summed E-state index contributed by atoms with van der Waals surface area (Å²) in [5.41, 5.74) is 0.860. The van der Waals surface area contributed by atoms with Crippen molar-refractivity contribution in [3.63, 3.8) is 0 Å². The number of alkyl halides is 2. The summed E-state index contributed by atoms with van der Waals surface area (Å²) >= 11 is 7.72. The van der Waals surface area contributed by atoms with Gasteiger partial charge in [-0.15, -0.1) is 0 Å². The second-order valence-electron chi connectivity index (χ2n) is 4.72. The quantitative estimate of drug-likeness (QED) is 0.422. The van der Waals surface area contributed by atoms with Crippen LogP contribution in [0.15, 0.2) is 31.1 Å². The first-order chi connectivity index (χ1) is 9.66. The Bertz CT molecular complexity index is 585. The number of allylic oxidation sites excluding steroid dienone is 4. The molecule has 0 aromatic carbocycles. The third-order valence-electron chi connectivity index (χ3n) is 3.34. The number of rotatable bonds is 6. The van der Waals surface area contributed by atoms with E-state index in [1.54, 1.807) is 16.0 Å². The maximum atomic E-state index is 12.9. The van der Waals surface area contributed by atoms with Crippen LogP contribution in [0.25, 0.3) is 0 Å². The van der Waals surface area contributed by atoms with Crippen LogP contribution in [0.3, 0.4) is 0 Å². The van der Waals surface area contributed by atoms with Gasteiger partial charge < -0.3 is 0 Å². The zero-order valence-electron chi connectivity index (χ0n) is 12.5. The van der Waals surface area contributed by atoms with Gasteiger partial charge in [-0.2, -0.15) is 0 Å². The van der Waals surface area contributed by atoms with E-state index in [1.165, 1.54) is 0 Å². The molecule has 2 atom stereocenters. The molecule has 0 bridgehead atoms. The van der Waals surface area contributed by atoms with Crippen molar-refractivity contribution >= 4 is 64.9 Å². The Kier molecular flexibility index (Phi) is 7.81. The molecule has 0 aromatic rings. The first-order valence-corrected chi connectivity index (χ1v) is 15.9. The molecule has 0 aliphatic carbocycles. The monoisotopic (exact) mass is 528 g/mol. The number of hydrogen-bond acceptors (Lipinski definition) is 3. The molecule has 1 N–H and O–H groups in total. The Morgan fingerprint density at radius 2 is 2.19 bits per heavy atom. The van der Waals surface area contributed by atoms with Gasteiger partial charge in [0.25, 0.3) is 0 Å². The van der Waals surface area contributed by atoms with Crippen molar-refractivity contribution in [2.24, 2.45) is 0 Å². The van der Waals surface area contributed by atoms with Crippen molar-refractivity contribution in [1.82, 2.24) is 0 Å². The van der Waals surface area contributed by atoms with Gasteiger partial charge in [0.2, 0.25) is 0 Å². The molecule has 0 aromatic heterocycles. The predicted octanol–water partition coefficient (Wildman–Crippen LogP) is 3.67. The van der Waals surface area contributed by atoms with Crippen molar-refractivity contribution in [2.45, 2.75) is 26.3 Å². The summed E-state index contributed by atoms with van der Waals surface area (Å²) in [4.78, 5) is 2.14. The molecule has 21 heavy (non-hydrogen) atoms. The van der Waals surface area contributed by atoms with Crippen LogP contribution >= 0.6 is 54.9 Å². The van der Waals surface area contributed by atoms with Crippen LogP contribution in [-0.2, 0) is 10.0 Å². The molecule has 1 heterocycles. The fraction of sp³-hybridized carbons (Fsp3) is 0.538. The normalized spacial score (nSPS) is 22.8. The fourth-order valence-corrected chi connectivity index (χ4v) is 17.3. The average Bonchev–Trinajstić information content (AvgIpc) is 2.68. The van der Waals surface area contributed by atoms with Crippen LogP contribution in [0.4, 0.5) is 0 Å². The predicted molar refractivity (Wildman–Crippen MR) is 107 cm³/mol. The zero-order chi connectivity index (χ0) is 16.4. The van der Waals surface area contributed by atoms with E-state index >= 15 is 0 Å². The van der Waals surface area contributed by atoms with Gasteiger partial charge in [-0.25, -0.2) is 0 Å². The van der Waals surface area contributed by atoms with Gasteiger partial charge in [-0.05, 0) is 0 Å². The summed E-state index contributed by atoms with van der Waals surface area (Å²) in [5.74, 6) is 0. The van der Waals surface area contributed by atoms with Crippen LogP contribution in [0.2, 0.25) is 0 Å². The molecule has 8 heteroatoms. The third kappa shape index (κ3) is 4.50. The maximum absolute atomic E-state index is 12.9. The van der Waals surface area contributed by atoms with Gasteiger partial charge in [0.05, 0.1) is 0 Å². The minimum atomic E-state index is -3.36. The van der Waals surface area contributed by atoms with Crippen LogP contribution in [0.1, 0.15) is 20.3 Å². The summed E-state index contributed by atoms with van der Waals surface area (Å²) in [6, 6.07) is 0.0472. The summed E-state index contributed by atoms with van der Waals surface area (Å²) < 4.78 is 27.9. The van der Waals surface area contributed by atoms with Crippen molar-refractivity contribution in [3.05, 3.63) is 31.1 Å². The fourth-order valence-electron chi connectivity index (χ4n) is 1.94. The molecule has 1 aliphatic rings. The number of sulfonamides is 1. The Hall–Kier alpha value is 0.980. The van der Waals surface area contributed by atoms with Gasteiger partial charge in [-0.3, -0.25) is 0 Å². The van der Waals surface area contributed by atoms with Gasteiger partial charge in [0.1, 0.15) is 0 Å². The Balaban J connectivity index is 3.26.